The molecule has 35 heavy (non-hydrogen) atoms. The van der Waals surface area contributed by atoms with Crippen molar-refractivity contribution in [3.05, 3.63) is 53.3 Å². The first-order valence-corrected chi connectivity index (χ1v) is 13.7. The van der Waals surface area contributed by atoms with Crippen LogP contribution in [0.15, 0.2) is 41.3 Å². The zero-order valence-electron chi connectivity index (χ0n) is 20.2. The number of Topliss-reactive ketones (excluding diaryl/α,β-unsaturated/α-hetero) is 1. The van der Waals surface area contributed by atoms with Crippen LogP contribution in [0.2, 0.25) is 0 Å². The van der Waals surface area contributed by atoms with Gasteiger partial charge in [-0.25, -0.2) is 9.18 Å². The third-order valence-electron chi connectivity index (χ3n) is 7.32. The van der Waals surface area contributed by atoms with E-state index in [1.165, 1.54) is 46.5 Å². The Morgan fingerprint density at radius 3 is 2.94 bits per heavy atom. The minimum absolute atomic E-state index is 0.0760. The zero-order chi connectivity index (χ0) is 24.4. The fourth-order valence-corrected chi connectivity index (χ4v) is 6.84. The van der Waals surface area contributed by atoms with Crippen LogP contribution in [0.1, 0.15) is 54.4 Å². The molecule has 0 unspecified atom stereocenters. The van der Waals surface area contributed by atoms with E-state index >= 15 is 0 Å². The number of carbonyl (C=O) groups excluding carboxylic acids is 2. The fourth-order valence-electron chi connectivity index (χ4n) is 5.80. The Bertz CT molecular complexity index is 1110. The molecule has 6 nitrogen and oxygen atoms in total. The fraction of sp³-hybridized carbons (Fsp3) is 0.481. The molecule has 1 saturated heterocycles. The average molecular weight is 497 g/mol. The van der Waals surface area contributed by atoms with Crippen molar-refractivity contribution in [2.75, 3.05) is 48.7 Å². The average Bonchev–Trinajstić information content (AvgIpc) is 2.99. The topological polar surface area (TPSA) is 64.7 Å². The normalized spacial score (nSPS) is 21.1. The number of hydrogen-bond acceptors (Lipinski definition) is 5. The van der Waals surface area contributed by atoms with Gasteiger partial charge >= 0.3 is 6.03 Å². The number of benzene rings is 2. The molecule has 1 fully saturated rings. The van der Waals surface area contributed by atoms with E-state index < -0.39 is 11.8 Å². The van der Waals surface area contributed by atoms with Crippen LogP contribution in [0.5, 0.6) is 0 Å². The number of nitrogens with one attached hydrogen (secondary N) is 2. The van der Waals surface area contributed by atoms with Crippen LogP contribution in [0.4, 0.5) is 20.6 Å². The quantitative estimate of drug-likeness (QED) is 0.522. The maximum Gasteiger partial charge on any atom is 0.319 e. The first kappa shape index (κ1) is 24.1. The molecule has 186 valence electrons. The van der Waals surface area contributed by atoms with Gasteiger partial charge in [-0.3, -0.25) is 4.79 Å². The van der Waals surface area contributed by atoms with Gasteiger partial charge in [-0.15, -0.1) is 11.8 Å². The van der Waals surface area contributed by atoms with E-state index in [4.69, 9.17) is 0 Å². The van der Waals surface area contributed by atoms with Crippen molar-refractivity contribution in [2.24, 2.45) is 0 Å². The van der Waals surface area contributed by atoms with Gasteiger partial charge in [-0.2, -0.15) is 0 Å². The summed E-state index contributed by atoms with van der Waals surface area (Å²) < 4.78 is 13.8. The summed E-state index contributed by atoms with van der Waals surface area (Å²) in [6.07, 6.45) is 3.48. The Kier molecular flexibility index (Phi) is 7.29. The molecule has 8 heteroatoms. The molecule has 0 bridgehead atoms. The number of carbonyl (C=O) groups is 2. The molecule has 0 aromatic heterocycles. The number of amides is 2. The Hall–Kier alpha value is -2.58. The van der Waals surface area contributed by atoms with Crippen molar-refractivity contribution < 1.29 is 14.0 Å². The summed E-state index contributed by atoms with van der Waals surface area (Å²) in [7, 11) is 0. The summed E-state index contributed by atoms with van der Waals surface area (Å²) in [6.45, 7) is 6.33. The van der Waals surface area contributed by atoms with E-state index in [9.17, 15) is 14.0 Å². The number of likely N-dealkylation sites (tertiary alicyclic amines) is 1. The second-order valence-electron chi connectivity index (χ2n) is 9.55. The Labute approximate surface area is 210 Å². The van der Waals surface area contributed by atoms with Gasteiger partial charge in [0.15, 0.2) is 5.78 Å². The van der Waals surface area contributed by atoms with E-state index in [0.717, 1.165) is 39.0 Å². The minimum atomic E-state index is -0.483. The van der Waals surface area contributed by atoms with Crippen molar-refractivity contribution in [2.45, 2.75) is 49.5 Å². The molecule has 2 aromatic carbocycles. The first-order valence-electron chi connectivity index (χ1n) is 12.7. The van der Waals surface area contributed by atoms with E-state index in [0.29, 0.717) is 30.5 Å². The van der Waals surface area contributed by atoms with Crippen LogP contribution in [-0.4, -0.2) is 61.2 Å². The number of hydrogen-bond donors (Lipinski definition) is 2. The van der Waals surface area contributed by atoms with Gasteiger partial charge in [0.2, 0.25) is 0 Å². The molecule has 0 radical (unpaired) electrons. The van der Waals surface area contributed by atoms with E-state index in [2.05, 4.69) is 38.6 Å². The van der Waals surface area contributed by atoms with Gasteiger partial charge < -0.3 is 20.4 Å². The van der Waals surface area contributed by atoms with Crippen LogP contribution in [-0.2, 0) is 0 Å². The highest BCUT2D eigenvalue weighted by molar-refractivity contribution is 7.99. The molecule has 2 atom stereocenters. The number of anilines is 2. The van der Waals surface area contributed by atoms with E-state index in [1.807, 2.05) is 11.8 Å². The minimum Gasteiger partial charge on any atom is -0.367 e. The lowest BCUT2D eigenvalue weighted by atomic mass is 9.89. The summed E-state index contributed by atoms with van der Waals surface area (Å²) in [5, 5.41) is 5.22. The van der Waals surface area contributed by atoms with Crippen LogP contribution in [0, 0.1) is 5.82 Å². The van der Waals surface area contributed by atoms with Gasteiger partial charge in [0.1, 0.15) is 5.82 Å². The van der Waals surface area contributed by atoms with E-state index in [-0.39, 0.29) is 11.5 Å². The lowest BCUT2D eigenvalue weighted by Crippen LogP contribution is -2.46. The Morgan fingerprint density at radius 1 is 1.20 bits per heavy atom. The third kappa shape index (κ3) is 5.05. The first-order chi connectivity index (χ1) is 17.0. The summed E-state index contributed by atoms with van der Waals surface area (Å²) in [4.78, 5) is 31.5. The number of fused-ring (bicyclic) bond motifs is 3. The number of nitrogens with zero attached hydrogens (tertiary/aromatic N) is 2. The Balaban J connectivity index is 1.20. The number of ketones is 1. The standard InChI is InChI=1S/C27H33FN4O2S/c1-2-29-27(34)30-22-16-18(28)9-10-20(22)24(33)7-4-12-31-14-11-23-21(17-31)19-6-3-8-25-26(19)32(23)13-5-15-35-25/h3,6,8-10,16,21,23H,2,4-5,7,11-15,17H2,1H3,(H2,29,30,34)/t21-,23-/m1/s1. The van der Waals surface area contributed by atoms with Crippen molar-refractivity contribution in [1.82, 2.24) is 10.2 Å². The number of thioether (sulfide) groups is 1. The summed E-state index contributed by atoms with van der Waals surface area (Å²) in [5.41, 5.74) is 3.55. The molecule has 2 aromatic rings. The molecular formula is C27H33FN4O2S. The van der Waals surface area contributed by atoms with Crippen molar-refractivity contribution in [1.29, 1.82) is 0 Å². The predicted octanol–water partition coefficient (Wildman–Crippen LogP) is 5.10. The molecule has 2 amide bonds. The van der Waals surface area contributed by atoms with Gasteiger partial charge in [0, 0.05) is 55.0 Å². The second-order valence-corrected chi connectivity index (χ2v) is 10.7. The molecule has 2 N–H and O–H groups in total. The smallest absolute Gasteiger partial charge is 0.319 e. The molecular weight excluding hydrogens is 463 g/mol. The largest absolute Gasteiger partial charge is 0.367 e. The molecule has 0 saturated carbocycles. The van der Waals surface area contributed by atoms with Gasteiger partial charge in [-0.05, 0) is 68.3 Å². The SMILES string of the molecule is CCNC(=O)Nc1cc(F)ccc1C(=O)CCCN1CC[C@@H]2[C@H](C1)c1cccc3c1N2CCCS3. The molecule has 3 aliphatic heterocycles. The van der Waals surface area contributed by atoms with Gasteiger partial charge in [-0.1, -0.05) is 12.1 Å². The van der Waals surface area contributed by atoms with E-state index in [1.54, 1.807) is 6.92 Å². The molecule has 5 rings (SSSR count). The van der Waals surface area contributed by atoms with Crippen LogP contribution >= 0.6 is 11.8 Å². The number of halogens is 1. The summed E-state index contributed by atoms with van der Waals surface area (Å²) in [6, 6.07) is 10.9. The van der Waals surface area contributed by atoms with Crippen molar-refractivity contribution >= 4 is 35.0 Å². The molecule has 3 heterocycles. The predicted molar refractivity (Wildman–Crippen MR) is 139 cm³/mol. The highest BCUT2D eigenvalue weighted by Crippen LogP contribution is 2.50. The number of para-hydroxylation sites is 1. The maximum atomic E-state index is 13.8. The molecule has 0 spiro atoms. The number of rotatable bonds is 7. The monoisotopic (exact) mass is 496 g/mol. The van der Waals surface area contributed by atoms with Crippen molar-refractivity contribution in [3.63, 3.8) is 0 Å². The van der Waals surface area contributed by atoms with Crippen LogP contribution in [0.25, 0.3) is 0 Å². The van der Waals surface area contributed by atoms with Crippen LogP contribution in [0.3, 0.4) is 0 Å². The number of piperidine rings is 1. The molecule has 3 aliphatic rings. The summed E-state index contributed by atoms with van der Waals surface area (Å²) >= 11 is 1.99. The molecule has 0 aliphatic carbocycles. The summed E-state index contributed by atoms with van der Waals surface area (Å²) in [5.74, 6) is 1.16. The third-order valence-corrected chi connectivity index (χ3v) is 8.46. The highest BCUT2D eigenvalue weighted by atomic mass is 32.2. The van der Waals surface area contributed by atoms with Gasteiger partial charge in [0.05, 0.1) is 11.4 Å². The zero-order valence-corrected chi connectivity index (χ0v) is 21.0. The lowest BCUT2D eigenvalue weighted by Gasteiger charge is -2.39. The highest BCUT2D eigenvalue weighted by Gasteiger charge is 2.43. The maximum absolute atomic E-state index is 13.8. The lowest BCUT2D eigenvalue weighted by molar-refractivity contribution is 0.0972. The van der Waals surface area contributed by atoms with Crippen molar-refractivity contribution in [3.8, 4) is 0 Å². The second kappa shape index (κ2) is 10.6. The number of urea groups is 1. The Morgan fingerprint density at radius 2 is 2.09 bits per heavy atom. The van der Waals surface area contributed by atoms with Gasteiger partial charge in [0.25, 0.3) is 0 Å². The van der Waals surface area contributed by atoms with Crippen LogP contribution < -0.4 is 15.5 Å².